The van der Waals surface area contributed by atoms with Crippen molar-refractivity contribution in [2.75, 3.05) is 5.75 Å². The van der Waals surface area contributed by atoms with E-state index in [-0.39, 0.29) is 57.0 Å². The van der Waals surface area contributed by atoms with Gasteiger partial charge in [0.15, 0.2) is 11.8 Å². The van der Waals surface area contributed by atoms with E-state index < -0.39 is 50.7 Å². The number of unbranched alkanes of at least 4 members (excludes halogenated alkanes) is 2. The lowest BCUT2D eigenvalue weighted by molar-refractivity contribution is -0.161. The molecule has 16 nitrogen and oxygen atoms in total. The summed E-state index contributed by atoms with van der Waals surface area (Å²) < 4.78 is 40.0. The van der Waals surface area contributed by atoms with Crippen LogP contribution >= 0.6 is 11.8 Å². The normalized spacial score (nSPS) is 21.0. The number of phenols is 1. The fourth-order valence-corrected chi connectivity index (χ4v) is 7.55. The van der Waals surface area contributed by atoms with Gasteiger partial charge in [-0.2, -0.15) is 12.7 Å². The molecule has 0 spiro atoms. The first kappa shape index (κ1) is 42.8. The number of ether oxygens (including phenoxy) is 1. The number of carboxylic acids is 1. The van der Waals surface area contributed by atoms with Crippen molar-refractivity contribution in [1.29, 1.82) is 0 Å². The highest BCUT2D eigenvalue weighted by atomic mass is 32.2. The number of hydrogen-bond donors (Lipinski definition) is 5. The van der Waals surface area contributed by atoms with E-state index in [2.05, 4.69) is 35.0 Å². The van der Waals surface area contributed by atoms with Gasteiger partial charge in [0.25, 0.3) is 11.8 Å². The number of oxime groups is 1. The summed E-state index contributed by atoms with van der Waals surface area (Å²) in [4.78, 5) is 60.3. The summed E-state index contributed by atoms with van der Waals surface area (Å²) >= 11 is 0.601. The molecule has 0 saturated carbocycles. The van der Waals surface area contributed by atoms with Crippen LogP contribution in [-0.4, -0.2) is 79.5 Å². The fraction of sp³-hybridized carbons (Fsp3) is 0.459. The number of amides is 2. The number of β-lactam (4-membered cyclic amide) rings is 1. The fourth-order valence-electron chi connectivity index (χ4n) is 6.24. The van der Waals surface area contributed by atoms with E-state index in [0.29, 0.717) is 23.7 Å². The van der Waals surface area contributed by atoms with Crippen molar-refractivity contribution in [2.24, 2.45) is 21.8 Å². The van der Waals surface area contributed by atoms with Crippen molar-refractivity contribution in [1.82, 2.24) is 9.62 Å². The minimum Gasteiger partial charge on any atom is -0.507 e. The highest BCUT2D eigenvalue weighted by molar-refractivity contribution is 8.13. The molecule has 3 aliphatic rings. The van der Waals surface area contributed by atoms with E-state index in [4.69, 9.17) is 15.3 Å². The van der Waals surface area contributed by atoms with Crippen LogP contribution in [0.3, 0.4) is 0 Å². The number of aromatic hydroxyl groups is 1. The number of carboxylic acid groups (broad SMARTS) is 1. The summed E-state index contributed by atoms with van der Waals surface area (Å²) in [5, 5.41) is 25.9. The van der Waals surface area contributed by atoms with Crippen LogP contribution in [0.15, 0.2) is 69.6 Å². The summed E-state index contributed by atoms with van der Waals surface area (Å²) in [6.45, 7) is 12.5. The number of carbonyl (C=O) groups is 4. The summed E-state index contributed by atoms with van der Waals surface area (Å²) in [6, 6.07) is 1.79. The number of aliphatic carboxylic acids is 1. The van der Waals surface area contributed by atoms with Crippen LogP contribution < -0.4 is 15.8 Å². The lowest BCUT2D eigenvalue weighted by atomic mass is 9.73. The van der Waals surface area contributed by atoms with Crippen molar-refractivity contribution in [2.45, 2.75) is 97.1 Å². The summed E-state index contributed by atoms with van der Waals surface area (Å²) in [5.74, 6) is -4.07. The van der Waals surface area contributed by atoms with E-state index >= 15 is 0 Å². The number of carbonyl (C=O) groups excluding carboxylic acids is 3. The number of thioether (sulfide) groups is 1. The standard InChI is InChI=1S/C37H47N5O11S2/c1-7-8-9-10-22-18-27(43)30(24-17-21(4)11-12-23(24)20(2)3)28(19-22)52-36(48)54-16-15-26-32(34(45)42(26)55(49,50)51)40-33(44)31(25-13-14-29(38)39-25)41-53-37(5,6)35(46)47/h13,15,17-19,23-24,32,43H,2,7-12,14,16H2,1,3-6H3,(H2,38,39)(H,40,44)(H,46,47)(H,49,50,51)/b26-15+,41-31-/t23-,24+,32-/m0/s1. The van der Waals surface area contributed by atoms with Gasteiger partial charge >= 0.3 is 21.6 Å². The number of allylic oxidation sites excluding steroid dienone is 3. The number of rotatable bonds is 16. The number of aryl methyl sites for hydroxylation is 1. The average molecular weight is 802 g/mol. The number of benzene rings is 1. The number of phenolic OH excluding ortho intramolecular Hbond substituents is 1. The van der Waals surface area contributed by atoms with E-state index in [1.54, 1.807) is 12.1 Å². The van der Waals surface area contributed by atoms with Crippen LogP contribution in [0.4, 0.5) is 4.79 Å². The van der Waals surface area contributed by atoms with Gasteiger partial charge < -0.3 is 30.8 Å². The second-order valence-corrected chi connectivity index (χ2v) is 16.3. The monoisotopic (exact) mass is 801 g/mol. The van der Waals surface area contributed by atoms with Crippen molar-refractivity contribution in [3.63, 3.8) is 0 Å². The van der Waals surface area contributed by atoms with E-state index in [1.165, 1.54) is 19.9 Å². The van der Waals surface area contributed by atoms with Crippen LogP contribution in [0.2, 0.25) is 0 Å². The summed E-state index contributed by atoms with van der Waals surface area (Å²) in [5.41, 5.74) is 6.09. The third-order valence-electron chi connectivity index (χ3n) is 9.24. The Morgan fingerprint density at radius 3 is 2.56 bits per heavy atom. The van der Waals surface area contributed by atoms with Gasteiger partial charge in [-0.25, -0.2) is 14.6 Å². The molecule has 1 saturated heterocycles. The van der Waals surface area contributed by atoms with Gasteiger partial charge in [0.1, 0.15) is 17.3 Å². The molecule has 298 valence electrons. The van der Waals surface area contributed by atoms with Gasteiger partial charge in [0.2, 0.25) is 5.60 Å². The predicted molar refractivity (Wildman–Crippen MR) is 207 cm³/mol. The van der Waals surface area contributed by atoms with Crippen LogP contribution in [0, 0.1) is 5.92 Å². The summed E-state index contributed by atoms with van der Waals surface area (Å²) in [7, 11) is -5.14. The molecular formula is C37H47N5O11S2. The first-order valence-corrected chi connectivity index (χ1v) is 20.0. The Kier molecular flexibility index (Phi) is 13.8. The average Bonchev–Trinajstić information content (AvgIpc) is 3.51. The number of nitrogens with one attached hydrogen (secondary N) is 1. The largest absolute Gasteiger partial charge is 0.507 e. The molecular weight excluding hydrogens is 755 g/mol. The van der Waals surface area contributed by atoms with Crippen LogP contribution in [-0.2, 0) is 35.9 Å². The van der Waals surface area contributed by atoms with E-state index in [1.807, 2.05) is 13.8 Å². The van der Waals surface area contributed by atoms with Gasteiger partial charge in [0, 0.05) is 23.7 Å². The maximum absolute atomic E-state index is 13.4. The molecule has 0 radical (unpaired) electrons. The topological polar surface area (TPSA) is 248 Å². The molecule has 18 heteroatoms. The Morgan fingerprint density at radius 2 is 1.96 bits per heavy atom. The van der Waals surface area contributed by atoms with Crippen molar-refractivity contribution < 1.29 is 51.9 Å². The Hall–Kier alpha value is -4.94. The second-order valence-electron chi connectivity index (χ2n) is 14.0. The molecule has 1 aromatic carbocycles. The Balaban J connectivity index is 1.59. The molecule has 1 fully saturated rings. The zero-order chi connectivity index (χ0) is 40.8. The van der Waals surface area contributed by atoms with E-state index in [0.717, 1.165) is 54.9 Å². The molecule has 55 heavy (non-hydrogen) atoms. The summed E-state index contributed by atoms with van der Waals surface area (Å²) in [6.07, 6.45) is 9.87. The van der Waals surface area contributed by atoms with Crippen LogP contribution in [0.25, 0.3) is 0 Å². The molecule has 6 N–H and O–H groups in total. The van der Waals surface area contributed by atoms with Crippen molar-refractivity contribution in [3.8, 4) is 11.5 Å². The number of aliphatic imine (C=N–C) groups is 1. The first-order chi connectivity index (χ1) is 25.7. The van der Waals surface area contributed by atoms with Gasteiger partial charge in [-0.05, 0) is 94.8 Å². The molecule has 0 unspecified atom stereocenters. The number of amidine groups is 1. The lowest BCUT2D eigenvalue weighted by Gasteiger charge is -2.38. The predicted octanol–water partition coefficient (Wildman–Crippen LogP) is 5.27. The SMILES string of the molecule is C=C(C)[C@@H]1CCC(C)=C[C@H]1c1c(O)cc(CCCCC)cc1OC(=O)SC/C=C1\[C@H](NC(=O)/C(=N\OC(C)(C)C(=O)O)C2=CCC(N)=N2)C(=O)N1S(=O)(=O)O. The minimum absolute atomic E-state index is 0.0111. The lowest BCUT2D eigenvalue weighted by Crippen LogP contribution is -2.64. The number of nitrogens with zero attached hydrogens (tertiary/aromatic N) is 3. The van der Waals surface area contributed by atoms with Crippen LogP contribution in [0.5, 0.6) is 11.5 Å². The van der Waals surface area contributed by atoms with Crippen molar-refractivity contribution >= 4 is 56.7 Å². The van der Waals surface area contributed by atoms with Gasteiger partial charge in [-0.15, -0.1) is 0 Å². The Bertz CT molecular complexity index is 2020. The zero-order valence-corrected chi connectivity index (χ0v) is 33.0. The third-order valence-corrected chi connectivity index (χ3v) is 10.7. The van der Waals surface area contributed by atoms with Crippen molar-refractivity contribution in [3.05, 3.63) is 70.6 Å². The highest BCUT2D eigenvalue weighted by Gasteiger charge is 2.50. The first-order valence-electron chi connectivity index (χ1n) is 17.6. The molecule has 4 rings (SSSR count). The molecule has 2 amide bonds. The third kappa shape index (κ3) is 10.4. The molecule has 2 heterocycles. The Labute approximate surface area is 324 Å². The molecule has 3 atom stereocenters. The highest BCUT2D eigenvalue weighted by Crippen LogP contribution is 2.47. The maximum Gasteiger partial charge on any atom is 0.373 e. The molecule has 0 aromatic heterocycles. The Morgan fingerprint density at radius 1 is 1.25 bits per heavy atom. The quantitative estimate of drug-likeness (QED) is 0.0272. The molecule has 1 aromatic rings. The van der Waals surface area contributed by atoms with Gasteiger partial charge in [0.05, 0.1) is 11.4 Å². The number of nitrogens with two attached hydrogens (primary N) is 1. The molecule has 0 bridgehead atoms. The van der Waals surface area contributed by atoms with Crippen LogP contribution in [0.1, 0.15) is 90.2 Å². The second kappa shape index (κ2) is 17.7. The maximum atomic E-state index is 13.4. The van der Waals surface area contributed by atoms with E-state index in [9.17, 15) is 42.4 Å². The zero-order valence-electron chi connectivity index (χ0n) is 31.3. The van der Waals surface area contributed by atoms with Gasteiger partial charge in [-0.3, -0.25) is 14.1 Å². The molecule has 2 aliphatic heterocycles. The number of hydrogen-bond acceptors (Lipinski definition) is 13. The molecule has 1 aliphatic carbocycles. The smallest absolute Gasteiger partial charge is 0.373 e. The minimum atomic E-state index is -5.14. The van der Waals surface area contributed by atoms with Gasteiger partial charge in [-0.1, -0.05) is 54.8 Å².